The number of aliphatic hydroxyl groups is 2. The molecule has 2 aromatic carbocycles. The number of carbonyl (C=O) groups excluding carboxylic acids is 1. The lowest BCUT2D eigenvalue weighted by atomic mass is 9.93. The van der Waals surface area contributed by atoms with E-state index in [1.165, 1.54) is 55.1 Å². The molecule has 0 aliphatic rings. The molecule has 0 heterocycles. The molecule has 14 nitrogen and oxygen atoms in total. The van der Waals surface area contributed by atoms with E-state index in [0.717, 1.165) is 19.1 Å². The van der Waals surface area contributed by atoms with Crippen LogP contribution in [-0.2, 0) is 9.63 Å². The number of carbonyl (C=O) groups is 1. The van der Waals surface area contributed by atoms with Gasteiger partial charge in [0.05, 0.1) is 15.8 Å². The van der Waals surface area contributed by atoms with E-state index in [0.29, 0.717) is 0 Å². The summed E-state index contributed by atoms with van der Waals surface area (Å²) in [6.07, 6.45) is 1.72. The van der Waals surface area contributed by atoms with Crippen LogP contribution in [-0.4, -0.2) is 55.8 Å². The molecule has 5 N–H and O–H groups in total. The predicted octanol–water partition coefficient (Wildman–Crippen LogP) is 1.69. The quantitative estimate of drug-likeness (QED) is 0.166. The normalized spacial score (nSPS) is 16.1. The maximum atomic E-state index is 12.6. The van der Waals surface area contributed by atoms with Crippen molar-refractivity contribution >= 4 is 29.1 Å². The van der Waals surface area contributed by atoms with Gasteiger partial charge in [-0.25, -0.2) is 4.79 Å². The second-order valence-electron chi connectivity index (χ2n) is 7.85. The zero-order valence-corrected chi connectivity index (χ0v) is 20.3. The predicted molar refractivity (Wildman–Crippen MR) is 128 cm³/mol. The number of nitro benzene ring substituents is 2. The van der Waals surface area contributed by atoms with E-state index in [4.69, 9.17) is 20.0 Å². The Morgan fingerprint density at radius 1 is 1.00 bits per heavy atom. The number of ether oxygens (including phenoxy) is 2. The van der Waals surface area contributed by atoms with E-state index < -0.39 is 39.5 Å². The molecule has 196 valence electrons. The highest BCUT2D eigenvalue weighted by molar-refractivity contribution is 7.98. The Kier molecular flexibility index (Phi) is 9.55. The van der Waals surface area contributed by atoms with Gasteiger partial charge >= 0.3 is 5.97 Å². The second kappa shape index (κ2) is 12.0. The highest BCUT2D eigenvalue weighted by Crippen LogP contribution is 2.29. The smallest absolute Gasteiger partial charge is 0.342 e. The number of hydroxylamine groups is 1. The van der Waals surface area contributed by atoms with E-state index in [1.54, 1.807) is 6.26 Å². The second-order valence-corrected chi connectivity index (χ2v) is 8.77. The number of benzene rings is 2. The van der Waals surface area contributed by atoms with Gasteiger partial charge in [0.2, 0.25) is 5.79 Å². The van der Waals surface area contributed by atoms with Gasteiger partial charge in [-0.1, -0.05) is 5.48 Å². The fraction of sp³-hybridized carbons (Fsp3) is 0.381. The maximum Gasteiger partial charge on any atom is 0.342 e. The molecule has 0 fully saturated rings. The Balaban J connectivity index is 2.04. The van der Waals surface area contributed by atoms with Crippen LogP contribution in [0, 0.1) is 26.1 Å². The molecule has 0 aromatic heterocycles. The van der Waals surface area contributed by atoms with Crippen LogP contribution in [0.25, 0.3) is 0 Å². The summed E-state index contributed by atoms with van der Waals surface area (Å²) < 4.78 is 10.8. The highest BCUT2D eigenvalue weighted by Gasteiger charge is 2.42. The Morgan fingerprint density at radius 3 is 1.86 bits per heavy atom. The Labute approximate surface area is 209 Å². The van der Waals surface area contributed by atoms with Crippen LogP contribution in [0.15, 0.2) is 48.5 Å². The third kappa shape index (κ3) is 8.03. The molecule has 0 aliphatic carbocycles. The summed E-state index contributed by atoms with van der Waals surface area (Å²) in [5.41, 5.74) is 7.70. The van der Waals surface area contributed by atoms with Gasteiger partial charge < -0.3 is 30.3 Å². The summed E-state index contributed by atoms with van der Waals surface area (Å²) in [5.74, 6) is -6.00. The zero-order valence-electron chi connectivity index (χ0n) is 19.5. The van der Waals surface area contributed by atoms with Crippen LogP contribution in [0.5, 0.6) is 11.5 Å². The molecule has 0 aliphatic heterocycles. The largest absolute Gasteiger partial charge is 0.462 e. The minimum atomic E-state index is -2.24. The van der Waals surface area contributed by atoms with Crippen LogP contribution in [0.3, 0.4) is 0 Å². The lowest BCUT2D eigenvalue weighted by molar-refractivity contribution is -0.385. The first-order chi connectivity index (χ1) is 16.8. The first-order valence-corrected chi connectivity index (χ1v) is 11.7. The monoisotopic (exact) mass is 526 g/mol. The number of non-ortho nitro benzene ring substituents is 2. The summed E-state index contributed by atoms with van der Waals surface area (Å²) in [5, 5.41) is 42.8. The topological polar surface area (TPSA) is 210 Å². The number of nitrogens with zero attached hydrogens (tertiary/aromatic N) is 2. The third-order valence-corrected chi connectivity index (χ3v) is 5.51. The van der Waals surface area contributed by atoms with E-state index >= 15 is 0 Å². The van der Waals surface area contributed by atoms with Crippen molar-refractivity contribution in [1.29, 1.82) is 0 Å². The van der Waals surface area contributed by atoms with Crippen molar-refractivity contribution in [2.75, 3.05) is 12.0 Å². The minimum Gasteiger partial charge on any atom is -0.462 e. The molecule has 0 spiro atoms. The highest BCUT2D eigenvalue weighted by atomic mass is 32.2. The molecule has 2 rings (SSSR count). The standard InChI is InChI=1S/C21H26N4O10S/c1-20(27,33-15-8-4-13(5-9-15)24(29)30)17(12-36-3)18(22)19(26)35-23-21(2,28)34-16-10-6-14(7-11-16)25(31)32/h4-11,17-18,23,27-28H,12,22H2,1-3H3. The van der Waals surface area contributed by atoms with Gasteiger partial charge in [-0.2, -0.15) is 11.8 Å². The average Bonchev–Trinajstić information content (AvgIpc) is 2.80. The van der Waals surface area contributed by atoms with Crippen molar-refractivity contribution in [3.8, 4) is 11.5 Å². The van der Waals surface area contributed by atoms with Crippen LogP contribution in [0.4, 0.5) is 11.4 Å². The van der Waals surface area contributed by atoms with Crippen molar-refractivity contribution in [1.82, 2.24) is 5.48 Å². The molecule has 0 bridgehead atoms. The van der Waals surface area contributed by atoms with Gasteiger partial charge in [0.25, 0.3) is 17.3 Å². The number of hydrogen-bond donors (Lipinski definition) is 4. The maximum absolute atomic E-state index is 12.6. The average molecular weight is 527 g/mol. The number of thioether (sulfide) groups is 1. The van der Waals surface area contributed by atoms with Crippen LogP contribution in [0.2, 0.25) is 0 Å². The molecule has 4 atom stereocenters. The molecule has 36 heavy (non-hydrogen) atoms. The summed E-state index contributed by atoms with van der Waals surface area (Å²) in [6.45, 7) is 2.39. The molecule has 15 heteroatoms. The number of rotatable bonds is 13. The first kappa shape index (κ1) is 28.7. The summed E-state index contributed by atoms with van der Waals surface area (Å²) in [6, 6.07) is 8.34. The van der Waals surface area contributed by atoms with Gasteiger partial charge in [-0.05, 0) is 30.5 Å². The van der Waals surface area contributed by atoms with Crippen molar-refractivity contribution in [2.45, 2.75) is 31.6 Å². The van der Waals surface area contributed by atoms with Crippen molar-refractivity contribution in [2.24, 2.45) is 11.7 Å². The van der Waals surface area contributed by atoms with Gasteiger partial charge in [-0.3, -0.25) is 20.2 Å². The summed E-state index contributed by atoms with van der Waals surface area (Å²) in [4.78, 5) is 37.8. The fourth-order valence-electron chi connectivity index (χ4n) is 2.98. The van der Waals surface area contributed by atoms with Crippen molar-refractivity contribution < 1.29 is 39.2 Å². The molecule has 0 amide bonds. The molecule has 0 radical (unpaired) electrons. The van der Waals surface area contributed by atoms with Gasteiger partial charge in [-0.15, -0.1) is 0 Å². The van der Waals surface area contributed by atoms with E-state index in [9.17, 15) is 35.2 Å². The molecule has 0 saturated heterocycles. The number of nitro groups is 2. The molecule has 0 saturated carbocycles. The first-order valence-electron chi connectivity index (χ1n) is 10.3. The van der Waals surface area contributed by atoms with Gasteiger partial charge in [0, 0.05) is 43.9 Å². The third-order valence-electron chi connectivity index (χ3n) is 4.82. The van der Waals surface area contributed by atoms with Crippen molar-refractivity contribution in [3.05, 3.63) is 68.8 Å². The fourth-order valence-corrected chi connectivity index (χ4v) is 3.86. The Bertz CT molecular complexity index is 1060. The van der Waals surface area contributed by atoms with E-state index in [2.05, 4.69) is 0 Å². The summed E-state index contributed by atoms with van der Waals surface area (Å²) in [7, 11) is 0. The molecule has 4 unspecified atom stereocenters. The number of nitrogens with one attached hydrogen (secondary N) is 1. The molecular weight excluding hydrogens is 500 g/mol. The molecular formula is C21H26N4O10S. The lowest BCUT2D eigenvalue weighted by Crippen LogP contribution is -2.56. The number of nitrogens with two attached hydrogens (primary N) is 1. The molecule has 2 aromatic rings. The van der Waals surface area contributed by atoms with Gasteiger partial charge in [0.1, 0.15) is 17.5 Å². The van der Waals surface area contributed by atoms with E-state index in [1.807, 2.05) is 5.48 Å². The van der Waals surface area contributed by atoms with Crippen LogP contribution in [0.1, 0.15) is 13.8 Å². The lowest BCUT2D eigenvalue weighted by Gasteiger charge is -2.35. The van der Waals surface area contributed by atoms with Crippen LogP contribution < -0.4 is 20.7 Å². The SMILES string of the molecule is CSCC(C(N)C(=O)ONC(C)(O)Oc1ccc([N+](=O)[O-])cc1)C(C)(O)Oc1ccc([N+](=O)[O-])cc1. The van der Waals surface area contributed by atoms with Gasteiger partial charge in [0.15, 0.2) is 0 Å². The van der Waals surface area contributed by atoms with Crippen LogP contribution >= 0.6 is 11.8 Å². The minimum absolute atomic E-state index is 0.0399. The summed E-state index contributed by atoms with van der Waals surface area (Å²) >= 11 is 1.27. The van der Waals surface area contributed by atoms with E-state index in [-0.39, 0.29) is 28.6 Å². The zero-order chi connectivity index (χ0) is 27.1. The number of hydrogen-bond acceptors (Lipinski definition) is 13. The van der Waals surface area contributed by atoms with Crippen molar-refractivity contribution in [3.63, 3.8) is 0 Å². The Morgan fingerprint density at radius 2 is 1.44 bits per heavy atom. The Hall–Kier alpha value is -3.50.